The monoisotopic (exact) mass is 392 g/mol. The van der Waals surface area contributed by atoms with Crippen LogP contribution in [-0.4, -0.2) is 0 Å². The first-order valence-electron chi connectivity index (χ1n) is 5.44. The summed E-state index contributed by atoms with van der Waals surface area (Å²) < 4.78 is 38.4. The van der Waals surface area contributed by atoms with Crippen molar-refractivity contribution < 1.29 is 13.2 Å². The molecule has 0 aliphatic rings. The van der Waals surface area contributed by atoms with Crippen LogP contribution in [0.2, 0.25) is 0 Å². The number of hydrogen-bond donors (Lipinski definition) is 0. The summed E-state index contributed by atoms with van der Waals surface area (Å²) >= 11 is 6.84. The summed E-state index contributed by atoms with van der Waals surface area (Å²) in [7, 11) is 0. The standard InChI is InChI=1S/C14H9Br2F3/c15-12-7-3-10(4-8-12)13(16)9-1-5-11(6-2-9)14(17,18)19/h1-8,13H. The van der Waals surface area contributed by atoms with Gasteiger partial charge in [0.1, 0.15) is 0 Å². The Balaban J connectivity index is 2.25. The molecule has 2 aromatic carbocycles. The molecule has 0 saturated heterocycles. The minimum Gasteiger partial charge on any atom is -0.166 e. The normalized spacial score (nSPS) is 13.3. The van der Waals surface area contributed by atoms with Crippen molar-refractivity contribution in [3.05, 3.63) is 69.7 Å². The van der Waals surface area contributed by atoms with Gasteiger partial charge in [0, 0.05) is 4.47 Å². The van der Waals surface area contributed by atoms with E-state index in [1.54, 1.807) is 0 Å². The van der Waals surface area contributed by atoms with Crippen molar-refractivity contribution in [1.29, 1.82) is 0 Å². The van der Waals surface area contributed by atoms with Gasteiger partial charge in [-0.15, -0.1) is 0 Å². The van der Waals surface area contributed by atoms with Crippen molar-refractivity contribution in [3.8, 4) is 0 Å². The third-order valence-corrected chi connectivity index (χ3v) is 4.28. The second kappa shape index (κ2) is 5.67. The van der Waals surface area contributed by atoms with Gasteiger partial charge in [0.2, 0.25) is 0 Å². The van der Waals surface area contributed by atoms with Crippen LogP contribution in [0.1, 0.15) is 21.5 Å². The molecule has 0 aromatic heterocycles. The van der Waals surface area contributed by atoms with Gasteiger partial charge >= 0.3 is 6.18 Å². The van der Waals surface area contributed by atoms with Crippen LogP contribution in [0.25, 0.3) is 0 Å². The van der Waals surface area contributed by atoms with Crippen LogP contribution in [0.5, 0.6) is 0 Å². The van der Waals surface area contributed by atoms with E-state index in [2.05, 4.69) is 31.9 Å². The maximum atomic E-state index is 12.5. The molecule has 0 amide bonds. The topological polar surface area (TPSA) is 0 Å². The van der Waals surface area contributed by atoms with E-state index in [0.717, 1.165) is 27.7 Å². The van der Waals surface area contributed by atoms with Gasteiger partial charge in [0.15, 0.2) is 0 Å². The van der Waals surface area contributed by atoms with Gasteiger partial charge in [0.25, 0.3) is 0 Å². The molecule has 0 fully saturated rings. The predicted molar refractivity (Wildman–Crippen MR) is 76.4 cm³/mol. The van der Waals surface area contributed by atoms with Crippen molar-refractivity contribution in [3.63, 3.8) is 0 Å². The smallest absolute Gasteiger partial charge is 0.166 e. The summed E-state index contributed by atoms with van der Waals surface area (Å²) in [5, 5.41) is 0. The van der Waals surface area contributed by atoms with Crippen LogP contribution < -0.4 is 0 Å². The molecule has 0 aliphatic carbocycles. The van der Waals surface area contributed by atoms with Crippen LogP contribution in [0.4, 0.5) is 13.2 Å². The molecule has 0 saturated carbocycles. The minimum atomic E-state index is -4.29. The van der Waals surface area contributed by atoms with E-state index in [0.29, 0.717) is 0 Å². The summed E-state index contributed by atoms with van der Waals surface area (Å²) in [6.07, 6.45) is -4.29. The molecule has 1 atom stereocenters. The van der Waals surface area contributed by atoms with Gasteiger partial charge < -0.3 is 0 Å². The summed E-state index contributed by atoms with van der Waals surface area (Å²) in [6, 6.07) is 12.8. The number of benzene rings is 2. The first-order valence-corrected chi connectivity index (χ1v) is 7.15. The van der Waals surface area contributed by atoms with E-state index < -0.39 is 11.7 Å². The molecule has 0 radical (unpaired) electrons. The molecule has 0 heterocycles. The molecule has 19 heavy (non-hydrogen) atoms. The molecule has 100 valence electrons. The minimum absolute atomic E-state index is 0.122. The lowest BCUT2D eigenvalue weighted by atomic mass is 10.0. The highest BCUT2D eigenvalue weighted by atomic mass is 79.9. The fraction of sp³-hybridized carbons (Fsp3) is 0.143. The Morgan fingerprint density at radius 2 is 1.21 bits per heavy atom. The molecule has 0 aliphatic heterocycles. The molecular weight excluding hydrogens is 385 g/mol. The van der Waals surface area contributed by atoms with Gasteiger partial charge in [-0.1, -0.05) is 56.1 Å². The number of halogens is 5. The fourth-order valence-electron chi connectivity index (χ4n) is 1.67. The average Bonchev–Trinajstić information content (AvgIpc) is 2.38. The molecule has 0 N–H and O–H groups in total. The predicted octanol–water partition coefficient (Wildman–Crippen LogP) is 5.95. The van der Waals surface area contributed by atoms with Crippen molar-refractivity contribution in [1.82, 2.24) is 0 Å². The van der Waals surface area contributed by atoms with E-state index in [-0.39, 0.29) is 4.83 Å². The lowest BCUT2D eigenvalue weighted by molar-refractivity contribution is -0.137. The van der Waals surface area contributed by atoms with E-state index in [1.807, 2.05) is 24.3 Å². The summed E-state index contributed by atoms with van der Waals surface area (Å²) in [6.45, 7) is 0. The molecule has 0 bridgehead atoms. The van der Waals surface area contributed by atoms with Crippen molar-refractivity contribution >= 4 is 31.9 Å². The molecule has 0 nitrogen and oxygen atoms in total. The van der Waals surface area contributed by atoms with Crippen molar-refractivity contribution in [2.45, 2.75) is 11.0 Å². The Morgan fingerprint density at radius 1 is 0.789 bits per heavy atom. The van der Waals surface area contributed by atoms with E-state index in [1.165, 1.54) is 12.1 Å². The molecule has 0 spiro atoms. The van der Waals surface area contributed by atoms with E-state index in [9.17, 15) is 13.2 Å². The number of rotatable bonds is 2. The Hall–Kier alpha value is -0.810. The zero-order valence-corrected chi connectivity index (χ0v) is 12.8. The zero-order valence-electron chi connectivity index (χ0n) is 9.59. The average molecular weight is 394 g/mol. The van der Waals surface area contributed by atoms with Crippen LogP contribution in [0.3, 0.4) is 0 Å². The second-order valence-corrected chi connectivity index (χ2v) is 5.87. The van der Waals surface area contributed by atoms with Gasteiger partial charge in [-0.3, -0.25) is 0 Å². The Labute approximate surface area is 125 Å². The largest absolute Gasteiger partial charge is 0.416 e. The van der Waals surface area contributed by atoms with Crippen LogP contribution in [0.15, 0.2) is 53.0 Å². The maximum absolute atomic E-state index is 12.5. The number of hydrogen-bond acceptors (Lipinski definition) is 0. The number of alkyl halides is 4. The fourth-order valence-corrected chi connectivity index (χ4v) is 2.54. The van der Waals surface area contributed by atoms with Gasteiger partial charge in [-0.25, -0.2) is 0 Å². The zero-order chi connectivity index (χ0) is 14.0. The van der Waals surface area contributed by atoms with Crippen LogP contribution >= 0.6 is 31.9 Å². The summed E-state index contributed by atoms with van der Waals surface area (Å²) in [5.74, 6) is 0. The first-order chi connectivity index (χ1) is 8.88. The summed E-state index contributed by atoms with van der Waals surface area (Å²) in [5.41, 5.74) is 1.14. The lowest BCUT2D eigenvalue weighted by Gasteiger charge is -2.12. The Morgan fingerprint density at radius 3 is 1.63 bits per heavy atom. The third-order valence-electron chi connectivity index (χ3n) is 2.69. The Bertz CT molecular complexity index is 544. The van der Waals surface area contributed by atoms with Gasteiger partial charge in [0.05, 0.1) is 10.4 Å². The molecule has 2 aromatic rings. The summed E-state index contributed by atoms with van der Waals surface area (Å²) in [4.78, 5) is -0.122. The Kier molecular flexibility index (Phi) is 4.36. The highest BCUT2D eigenvalue weighted by Gasteiger charge is 2.30. The second-order valence-electron chi connectivity index (χ2n) is 4.03. The quantitative estimate of drug-likeness (QED) is 0.553. The van der Waals surface area contributed by atoms with Crippen LogP contribution in [-0.2, 0) is 6.18 Å². The maximum Gasteiger partial charge on any atom is 0.416 e. The molecule has 5 heteroatoms. The first kappa shape index (κ1) is 14.6. The van der Waals surface area contributed by atoms with Gasteiger partial charge in [-0.2, -0.15) is 13.2 Å². The highest BCUT2D eigenvalue weighted by Crippen LogP contribution is 2.34. The highest BCUT2D eigenvalue weighted by molar-refractivity contribution is 9.10. The van der Waals surface area contributed by atoms with E-state index >= 15 is 0 Å². The molecule has 2 rings (SSSR count). The van der Waals surface area contributed by atoms with Crippen LogP contribution in [0, 0.1) is 0 Å². The van der Waals surface area contributed by atoms with Gasteiger partial charge in [-0.05, 0) is 35.4 Å². The third kappa shape index (κ3) is 3.60. The lowest BCUT2D eigenvalue weighted by Crippen LogP contribution is -2.04. The van der Waals surface area contributed by atoms with E-state index in [4.69, 9.17) is 0 Å². The van der Waals surface area contributed by atoms with Crippen molar-refractivity contribution in [2.24, 2.45) is 0 Å². The molecule has 1 unspecified atom stereocenters. The van der Waals surface area contributed by atoms with Crippen molar-refractivity contribution in [2.75, 3.05) is 0 Å². The molecular formula is C14H9Br2F3. The SMILES string of the molecule is FC(F)(F)c1ccc(C(Br)c2ccc(Br)cc2)cc1.